The first-order chi connectivity index (χ1) is 20.2. The van der Waals surface area contributed by atoms with E-state index in [2.05, 4.69) is 16.0 Å². The lowest BCUT2D eigenvalue weighted by Gasteiger charge is -2.16. The third-order valence-electron chi connectivity index (χ3n) is 6.13. The van der Waals surface area contributed by atoms with Crippen LogP contribution in [0.1, 0.15) is 34.8 Å². The monoisotopic (exact) mass is 617 g/mol. The van der Waals surface area contributed by atoms with Gasteiger partial charge in [-0.3, -0.25) is 14.4 Å². The zero-order valence-corrected chi connectivity index (χ0v) is 25.3. The highest BCUT2D eigenvalue weighted by molar-refractivity contribution is 8.00. The summed E-state index contributed by atoms with van der Waals surface area (Å²) in [6.45, 7) is 3.92. The van der Waals surface area contributed by atoms with Crippen molar-refractivity contribution in [1.82, 2.24) is 5.32 Å². The van der Waals surface area contributed by atoms with Gasteiger partial charge in [-0.2, -0.15) is 0 Å². The van der Waals surface area contributed by atoms with Crippen LogP contribution in [0.2, 0.25) is 10.0 Å². The molecule has 0 spiro atoms. The molecule has 0 saturated heterocycles. The number of hydrogen-bond acceptors (Lipinski definition) is 4. The zero-order valence-electron chi connectivity index (χ0n) is 23.0. The van der Waals surface area contributed by atoms with Gasteiger partial charge in [-0.05, 0) is 79.1 Å². The second kappa shape index (κ2) is 14.7. The second-order valence-electron chi connectivity index (χ2n) is 9.38. The van der Waals surface area contributed by atoms with Crippen molar-refractivity contribution in [3.05, 3.63) is 129 Å². The van der Waals surface area contributed by atoms with Gasteiger partial charge >= 0.3 is 0 Å². The molecule has 4 aromatic rings. The predicted molar refractivity (Wildman–Crippen MR) is 173 cm³/mol. The molecule has 42 heavy (non-hydrogen) atoms. The normalized spacial score (nSPS) is 11.9. The number of benzene rings is 4. The molecule has 9 heteroatoms. The Morgan fingerprint density at radius 1 is 0.833 bits per heavy atom. The van der Waals surface area contributed by atoms with Crippen LogP contribution in [0.4, 0.5) is 11.4 Å². The van der Waals surface area contributed by atoms with Crippen molar-refractivity contribution in [1.29, 1.82) is 0 Å². The van der Waals surface area contributed by atoms with E-state index in [0.29, 0.717) is 28.3 Å². The number of anilines is 2. The summed E-state index contributed by atoms with van der Waals surface area (Å²) in [5, 5.41) is 8.76. The summed E-state index contributed by atoms with van der Waals surface area (Å²) in [5.41, 5.74) is 3.14. The summed E-state index contributed by atoms with van der Waals surface area (Å²) in [4.78, 5) is 40.2. The lowest BCUT2D eigenvalue weighted by molar-refractivity contribution is -0.116. The summed E-state index contributed by atoms with van der Waals surface area (Å²) in [6.07, 6.45) is 2.09. The fourth-order valence-corrected chi connectivity index (χ4v) is 5.38. The lowest BCUT2D eigenvalue weighted by atomic mass is 10.1. The SMILES string of the molecule is CCC(Sc1cccc(NC(=O)/C(=C\c2cccc(Cl)c2Cl)NC(=O)c2ccccc2)c1)C(=O)Nc1cccc(C)c1. The summed E-state index contributed by atoms with van der Waals surface area (Å²) < 4.78 is 0. The quantitative estimate of drug-likeness (QED) is 0.124. The zero-order chi connectivity index (χ0) is 30.1. The van der Waals surface area contributed by atoms with Crippen LogP contribution in [-0.2, 0) is 9.59 Å². The van der Waals surface area contributed by atoms with Gasteiger partial charge in [0.15, 0.2) is 0 Å². The van der Waals surface area contributed by atoms with Crippen molar-refractivity contribution in [3.63, 3.8) is 0 Å². The second-order valence-corrected chi connectivity index (χ2v) is 11.4. The molecule has 3 amide bonds. The number of thioether (sulfide) groups is 1. The number of amides is 3. The van der Waals surface area contributed by atoms with Gasteiger partial charge in [0.1, 0.15) is 5.70 Å². The van der Waals surface area contributed by atoms with Crippen LogP contribution < -0.4 is 16.0 Å². The van der Waals surface area contributed by atoms with E-state index in [4.69, 9.17) is 23.2 Å². The Hall–Kier alpha value is -4.04. The molecule has 0 bridgehead atoms. The minimum atomic E-state index is -0.554. The highest BCUT2D eigenvalue weighted by Crippen LogP contribution is 2.30. The predicted octanol–water partition coefficient (Wildman–Crippen LogP) is 8.22. The summed E-state index contributed by atoms with van der Waals surface area (Å²) in [6, 6.07) is 28.4. The number of hydrogen-bond donors (Lipinski definition) is 3. The molecule has 0 heterocycles. The van der Waals surface area contributed by atoms with Gasteiger partial charge in [0, 0.05) is 21.8 Å². The fraction of sp³-hybridized carbons (Fsp3) is 0.121. The third-order valence-corrected chi connectivity index (χ3v) is 8.32. The molecule has 0 aliphatic heterocycles. The molecule has 214 valence electrons. The van der Waals surface area contributed by atoms with Crippen LogP contribution >= 0.6 is 35.0 Å². The van der Waals surface area contributed by atoms with Crippen molar-refractivity contribution < 1.29 is 14.4 Å². The first kappa shape index (κ1) is 30.9. The molecule has 6 nitrogen and oxygen atoms in total. The van der Waals surface area contributed by atoms with E-state index in [1.54, 1.807) is 66.7 Å². The summed E-state index contributed by atoms with van der Waals surface area (Å²) in [7, 11) is 0. The molecule has 0 aliphatic rings. The van der Waals surface area contributed by atoms with Crippen molar-refractivity contribution >= 4 is 70.1 Å². The first-order valence-corrected chi connectivity index (χ1v) is 14.8. The van der Waals surface area contributed by atoms with E-state index < -0.39 is 11.8 Å². The molecular weight excluding hydrogens is 589 g/mol. The topological polar surface area (TPSA) is 87.3 Å². The minimum Gasteiger partial charge on any atom is -0.325 e. The van der Waals surface area contributed by atoms with Crippen LogP contribution in [0.25, 0.3) is 6.08 Å². The Morgan fingerprint density at radius 2 is 1.52 bits per heavy atom. The van der Waals surface area contributed by atoms with Crippen LogP contribution in [0, 0.1) is 6.92 Å². The van der Waals surface area contributed by atoms with Crippen LogP contribution in [0.15, 0.2) is 108 Å². The van der Waals surface area contributed by atoms with Gasteiger partial charge in [-0.15, -0.1) is 11.8 Å². The largest absolute Gasteiger partial charge is 0.325 e. The highest BCUT2D eigenvalue weighted by atomic mass is 35.5. The maximum atomic E-state index is 13.5. The maximum absolute atomic E-state index is 13.5. The standard InChI is InChI=1S/C33H29Cl2N3O3S/c1-3-29(33(41)37-24-14-7-10-21(2)18-24)42-26-16-9-15-25(20-26)36-32(40)28(19-23-13-8-17-27(34)30(23)35)38-31(39)22-11-5-4-6-12-22/h4-20,29H,3H2,1-2H3,(H,36,40)(H,37,41)(H,38,39)/b28-19+. The van der Waals surface area contributed by atoms with E-state index in [0.717, 1.165) is 16.1 Å². The minimum absolute atomic E-state index is 0.0185. The van der Waals surface area contributed by atoms with Crippen molar-refractivity contribution in [2.45, 2.75) is 30.4 Å². The van der Waals surface area contributed by atoms with Crippen molar-refractivity contribution in [3.8, 4) is 0 Å². The molecular formula is C33H29Cl2N3O3S. The lowest BCUT2D eigenvalue weighted by Crippen LogP contribution is -2.30. The average Bonchev–Trinajstić information content (AvgIpc) is 2.98. The maximum Gasteiger partial charge on any atom is 0.272 e. The molecule has 4 rings (SSSR count). The van der Waals surface area contributed by atoms with Gasteiger partial charge in [-0.1, -0.05) is 78.7 Å². The average molecular weight is 619 g/mol. The molecule has 1 atom stereocenters. The van der Waals surface area contributed by atoms with Crippen LogP contribution in [-0.4, -0.2) is 23.0 Å². The van der Waals surface area contributed by atoms with E-state index in [1.165, 1.54) is 17.8 Å². The summed E-state index contributed by atoms with van der Waals surface area (Å²) >= 11 is 13.9. The summed E-state index contributed by atoms with van der Waals surface area (Å²) in [5.74, 6) is -1.11. The first-order valence-electron chi connectivity index (χ1n) is 13.2. The Kier molecular flexibility index (Phi) is 10.8. The number of carbonyl (C=O) groups excluding carboxylic acids is 3. The van der Waals surface area contributed by atoms with Gasteiger partial charge in [-0.25, -0.2) is 0 Å². The number of halogens is 2. The van der Waals surface area contributed by atoms with Gasteiger partial charge in [0.05, 0.1) is 15.3 Å². The Morgan fingerprint density at radius 3 is 2.24 bits per heavy atom. The van der Waals surface area contributed by atoms with Gasteiger partial charge < -0.3 is 16.0 Å². The van der Waals surface area contributed by atoms with E-state index in [-0.39, 0.29) is 21.9 Å². The van der Waals surface area contributed by atoms with Gasteiger partial charge in [0.2, 0.25) is 5.91 Å². The molecule has 0 saturated carbocycles. The molecule has 0 radical (unpaired) electrons. The third kappa shape index (κ3) is 8.49. The van der Waals surface area contributed by atoms with Crippen molar-refractivity contribution in [2.24, 2.45) is 0 Å². The molecule has 0 aliphatic carbocycles. The van der Waals surface area contributed by atoms with Crippen molar-refractivity contribution in [2.75, 3.05) is 10.6 Å². The smallest absolute Gasteiger partial charge is 0.272 e. The van der Waals surface area contributed by atoms with Crippen LogP contribution in [0.3, 0.4) is 0 Å². The molecule has 4 aromatic carbocycles. The number of aryl methyl sites for hydroxylation is 1. The Bertz CT molecular complexity index is 1630. The van der Waals surface area contributed by atoms with Gasteiger partial charge in [0.25, 0.3) is 11.8 Å². The molecule has 0 fully saturated rings. The Balaban J connectivity index is 1.53. The van der Waals surface area contributed by atoms with E-state index >= 15 is 0 Å². The molecule has 1 unspecified atom stereocenters. The fourth-order valence-electron chi connectivity index (χ4n) is 4.01. The molecule has 3 N–H and O–H groups in total. The Labute approximate surface area is 259 Å². The number of nitrogens with one attached hydrogen (secondary N) is 3. The number of rotatable bonds is 10. The highest BCUT2D eigenvalue weighted by Gasteiger charge is 2.20. The van der Waals surface area contributed by atoms with E-state index in [1.807, 2.05) is 44.2 Å². The number of carbonyl (C=O) groups is 3. The molecule has 0 aromatic heterocycles. The van der Waals surface area contributed by atoms with E-state index in [9.17, 15) is 14.4 Å². The van der Waals surface area contributed by atoms with Crippen LogP contribution in [0.5, 0.6) is 0 Å².